The van der Waals surface area contributed by atoms with Crippen LogP contribution in [0.3, 0.4) is 0 Å². The van der Waals surface area contributed by atoms with Crippen LogP contribution in [-0.2, 0) is 0 Å². The van der Waals surface area contributed by atoms with E-state index in [4.69, 9.17) is 0 Å². The highest BCUT2D eigenvalue weighted by molar-refractivity contribution is 6.10. The Morgan fingerprint density at radius 1 is 0.735 bits per heavy atom. The average Bonchev–Trinajstić information content (AvgIpc) is 3.45. The molecule has 2 unspecified atom stereocenters. The fraction of sp³-hybridized carbons (Fsp3) is 0.294. The molecule has 168 valence electrons. The van der Waals surface area contributed by atoms with Crippen molar-refractivity contribution in [1.82, 2.24) is 0 Å². The summed E-state index contributed by atoms with van der Waals surface area (Å²) in [5.74, 6) is 1.92. The monoisotopic (exact) mass is 440 g/mol. The van der Waals surface area contributed by atoms with E-state index in [-0.39, 0.29) is 0 Å². The molecule has 0 heterocycles. The SMILES string of the molecule is CCCCC1=CC(C2CCC2C2c3ccc4ccccc4c3-c3c2ccc2ccccc32)=CC1. The van der Waals surface area contributed by atoms with E-state index < -0.39 is 0 Å². The highest BCUT2D eigenvalue weighted by Crippen LogP contribution is 2.59. The number of rotatable bonds is 5. The van der Waals surface area contributed by atoms with Gasteiger partial charge in [0, 0.05) is 5.92 Å². The standard InChI is InChI=1S/C34H32/c1-2-3-8-22-13-14-25(21-22)26-19-20-29(26)32-30-17-15-23-9-4-6-11-27(23)33(30)34-28-12-7-5-10-24(28)16-18-31(32)34/h4-7,9-12,14-18,21,26,29,32H,2-3,8,13,19-20H2,1H3. The third kappa shape index (κ3) is 2.97. The molecule has 0 N–H and O–H groups in total. The lowest BCUT2D eigenvalue weighted by Crippen LogP contribution is -2.32. The molecule has 3 aliphatic rings. The van der Waals surface area contributed by atoms with E-state index in [1.54, 1.807) is 22.3 Å². The van der Waals surface area contributed by atoms with Crippen LogP contribution in [0.1, 0.15) is 62.5 Å². The van der Waals surface area contributed by atoms with Crippen LogP contribution in [-0.4, -0.2) is 0 Å². The lowest BCUT2D eigenvalue weighted by atomic mass is 9.62. The Morgan fingerprint density at radius 2 is 1.38 bits per heavy atom. The highest BCUT2D eigenvalue weighted by atomic mass is 14.5. The molecule has 0 radical (unpaired) electrons. The van der Waals surface area contributed by atoms with Crippen molar-refractivity contribution in [1.29, 1.82) is 0 Å². The molecule has 34 heavy (non-hydrogen) atoms. The minimum absolute atomic E-state index is 0.506. The van der Waals surface area contributed by atoms with Crippen LogP contribution in [0.25, 0.3) is 32.7 Å². The van der Waals surface area contributed by atoms with Gasteiger partial charge < -0.3 is 0 Å². The summed E-state index contributed by atoms with van der Waals surface area (Å²) in [5, 5.41) is 5.54. The van der Waals surface area contributed by atoms with Gasteiger partial charge in [-0.25, -0.2) is 0 Å². The summed E-state index contributed by atoms with van der Waals surface area (Å²) in [7, 11) is 0. The molecule has 4 aromatic rings. The summed E-state index contributed by atoms with van der Waals surface area (Å²) >= 11 is 0. The van der Waals surface area contributed by atoms with Gasteiger partial charge >= 0.3 is 0 Å². The smallest absolute Gasteiger partial charge is 0.0136 e. The van der Waals surface area contributed by atoms with Crippen LogP contribution in [0.2, 0.25) is 0 Å². The van der Waals surface area contributed by atoms with E-state index in [9.17, 15) is 0 Å². The van der Waals surface area contributed by atoms with Gasteiger partial charge in [0.1, 0.15) is 0 Å². The zero-order chi connectivity index (χ0) is 22.6. The van der Waals surface area contributed by atoms with E-state index in [1.807, 2.05) is 0 Å². The first kappa shape index (κ1) is 20.3. The topological polar surface area (TPSA) is 0 Å². The van der Waals surface area contributed by atoms with Crippen LogP contribution in [0.5, 0.6) is 0 Å². The highest BCUT2D eigenvalue weighted by Gasteiger charge is 2.44. The molecule has 4 aromatic carbocycles. The fourth-order valence-electron chi connectivity index (χ4n) is 7.06. The molecule has 7 rings (SSSR count). The van der Waals surface area contributed by atoms with Crippen molar-refractivity contribution in [3.8, 4) is 11.1 Å². The Hall–Kier alpha value is -3.12. The van der Waals surface area contributed by atoms with E-state index in [1.165, 1.54) is 71.2 Å². The molecule has 0 saturated heterocycles. The van der Waals surface area contributed by atoms with Gasteiger partial charge in [0.25, 0.3) is 0 Å². The third-order valence-corrected chi connectivity index (χ3v) is 8.85. The van der Waals surface area contributed by atoms with Crippen LogP contribution in [0.4, 0.5) is 0 Å². The van der Waals surface area contributed by atoms with Gasteiger partial charge in [-0.15, -0.1) is 0 Å². The molecule has 0 heteroatoms. The molecular weight excluding hydrogens is 408 g/mol. The molecule has 0 aliphatic heterocycles. The van der Waals surface area contributed by atoms with Gasteiger partial charge in [-0.05, 0) is 93.3 Å². The first-order chi connectivity index (χ1) is 16.8. The summed E-state index contributed by atoms with van der Waals surface area (Å²) in [6, 6.07) is 27.6. The number of allylic oxidation sites excluding steroid dienone is 4. The molecule has 0 aromatic heterocycles. The van der Waals surface area contributed by atoms with Crippen molar-refractivity contribution in [3.63, 3.8) is 0 Å². The Bertz CT molecular complexity index is 1400. The number of unbranched alkanes of at least 4 members (excludes halogenated alkanes) is 1. The van der Waals surface area contributed by atoms with Gasteiger partial charge in [0.15, 0.2) is 0 Å². The number of fused-ring (bicyclic) bond motifs is 7. The van der Waals surface area contributed by atoms with Crippen molar-refractivity contribution in [2.75, 3.05) is 0 Å². The average molecular weight is 441 g/mol. The Morgan fingerprint density at radius 3 is 1.97 bits per heavy atom. The predicted molar refractivity (Wildman–Crippen MR) is 145 cm³/mol. The van der Waals surface area contributed by atoms with Crippen molar-refractivity contribution in [3.05, 3.63) is 107 Å². The first-order valence-corrected chi connectivity index (χ1v) is 13.3. The van der Waals surface area contributed by atoms with E-state index >= 15 is 0 Å². The van der Waals surface area contributed by atoms with Crippen LogP contribution in [0, 0.1) is 11.8 Å². The summed E-state index contributed by atoms with van der Waals surface area (Å²) in [6.45, 7) is 2.30. The maximum atomic E-state index is 2.57. The second kappa shape index (κ2) is 7.98. The molecule has 0 amide bonds. The molecule has 1 saturated carbocycles. The third-order valence-electron chi connectivity index (χ3n) is 8.85. The second-order valence-corrected chi connectivity index (χ2v) is 10.6. The second-order valence-electron chi connectivity index (χ2n) is 10.6. The quantitative estimate of drug-likeness (QED) is 0.290. The van der Waals surface area contributed by atoms with Gasteiger partial charge in [-0.1, -0.05) is 104 Å². The zero-order valence-corrected chi connectivity index (χ0v) is 20.1. The minimum Gasteiger partial charge on any atom is -0.0769 e. The van der Waals surface area contributed by atoms with Crippen molar-refractivity contribution < 1.29 is 0 Å². The summed E-state index contributed by atoms with van der Waals surface area (Å²) in [4.78, 5) is 0. The molecule has 3 aliphatic carbocycles. The normalized spacial score (nSPS) is 21.3. The molecular formula is C34H32. The molecule has 1 fully saturated rings. The van der Waals surface area contributed by atoms with Crippen molar-refractivity contribution >= 4 is 21.5 Å². The number of benzene rings is 4. The summed E-state index contributed by atoms with van der Waals surface area (Å²) < 4.78 is 0. The maximum absolute atomic E-state index is 2.57. The predicted octanol–water partition coefficient (Wildman–Crippen LogP) is 9.58. The van der Waals surface area contributed by atoms with Crippen molar-refractivity contribution in [2.24, 2.45) is 11.8 Å². The van der Waals surface area contributed by atoms with Gasteiger partial charge in [0.05, 0.1) is 0 Å². The Balaban J connectivity index is 1.37. The first-order valence-electron chi connectivity index (χ1n) is 13.3. The Kier molecular flexibility index (Phi) is 4.76. The maximum Gasteiger partial charge on any atom is 0.0136 e. The van der Waals surface area contributed by atoms with E-state index in [2.05, 4.69) is 91.9 Å². The molecule has 2 atom stereocenters. The fourth-order valence-corrected chi connectivity index (χ4v) is 7.06. The molecule has 0 spiro atoms. The molecule has 0 nitrogen and oxygen atoms in total. The number of hydrogen-bond acceptors (Lipinski definition) is 0. The zero-order valence-electron chi connectivity index (χ0n) is 20.1. The van der Waals surface area contributed by atoms with Crippen LogP contribution < -0.4 is 0 Å². The van der Waals surface area contributed by atoms with Crippen LogP contribution >= 0.6 is 0 Å². The number of hydrogen-bond donors (Lipinski definition) is 0. The van der Waals surface area contributed by atoms with Gasteiger partial charge in [-0.2, -0.15) is 0 Å². The largest absolute Gasteiger partial charge is 0.0769 e. The summed E-state index contributed by atoms with van der Waals surface area (Å²) in [6.07, 6.45) is 12.9. The van der Waals surface area contributed by atoms with Crippen molar-refractivity contribution in [2.45, 2.75) is 51.4 Å². The molecule has 0 bridgehead atoms. The van der Waals surface area contributed by atoms with Gasteiger partial charge in [-0.3, -0.25) is 0 Å². The van der Waals surface area contributed by atoms with E-state index in [0.717, 1.165) is 0 Å². The minimum atomic E-state index is 0.506. The lowest BCUT2D eigenvalue weighted by molar-refractivity contribution is 0.196. The van der Waals surface area contributed by atoms with E-state index in [0.29, 0.717) is 17.8 Å². The summed E-state index contributed by atoms with van der Waals surface area (Å²) in [5.41, 5.74) is 9.42. The lowest BCUT2D eigenvalue weighted by Gasteiger charge is -2.42. The van der Waals surface area contributed by atoms with Crippen LogP contribution in [0.15, 0.2) is 96.1 Å². The van der Waals surface area contributed by atoms with Gasteiger partial charge in [0.2, 0.25) is 0 Å². The Labute approximate surface area is 203 Å².